The highest BCUT2D eigenvalue weighted by Crippen LogP contribution is 2.54. The van der Waals surface area contributed by atoms with Crippen LogP contribution >= 0.6 is 0 Å². The first-order valence-electron chi connectivity index (χ1n) is 5.30. The van der Waals surface area contributed by atoms with E-state index in [9.17, 15) is 0 Å². The van der Waals surface area contributed by atoms with Gasteiger partial charge in [0.15, 0.2) is 0 Å². The number of ether oxygens (including phenoxy) is 1. The summed E-state index contributed by atoms with van der Waals surface area (Å²) in [6.45, 7) is 4.14. The molecule has 0 spiro atoms. The van der Waals surface area contributed by atoms with Gasteiger partial charge in [0, 0.05) is 17.0 Å². The average Bonchev–Trinajstić information content (AvgIpc) is 2.97. The molecule has 3 nitrogen and oxygen atoms in total. The quantitative estimate of drug-likeness (QED) is 0.821. The van der Waals surface area contributed by atoms with E-state index in [0.29, 0.717) is 5.88 Å². The molecule has 1 aromatic rings. The van der Waals surface area contributed by atoms with Crippen molar-refractivity contribution in [3.8, 4) is 5.88 Å². The standard InChI is InChI=1S/C12H18N2O/c1-11(2,13)12(7-8-12)9-5-4-6-10(14-9)15-3/h4-6H,7-8,13H2,1-3H3. The van der Waals surface area contributed by atoms with Crippen molar-refractivity contribution < 1.29 is 4.74 Å². The van der Waals surface area contributed by atoms with Crippen LogP contribution < -0.4 is 10.5 Å². The summed E-state index contributed by atoms with van der Waals surface area (Å²) in [6.07, 6.45) is 2.24. The van der Waals surface area contributed by atoms with Crippen LogP contribution in [0.3, 0.4) is 0 Å². The van der Waals surface area contributed by atoms with Crippen LogP contribution in [0, 0.1) is 0 Å². The second kappa shape index (κ2) is 3.20. The van der Waals surface area contributed by atoms with E-state index in [1.165, 1.54) is 0 Å². The van der Waals surface area contributed by atoms with Crippen LogP contribution in [0.2, 0.25) is 0 Å². The maximum absolute atomic E-state index is 6.22. The maximum atomic E-state index is 6.22. The number of nitrogens with zero attached hydrogens (tertiary/aromatic N) is 1. The summed E-state index contributed by atoms with van der Waals surface area (Å²) in [4.78, 5) is 4.49. The Bertz CT molecular complexity index is 364. The van der Waals surface area contributed by atoms with Gasteiger partial charge < -0.3 is 10.5 Å². The Kier molecular flexibility index (Phi) is 2.23. The number of aromatic nitrogens is 1. The molecule has 82 valence electrons. The summed E-state index contributed by atoms with van der Waals surface area (Å²) in [5.74, 6) is 0.669. The van der Waals surface area contributed by atoms with E-state index in [0.717, 1.165) is 18.5 Å². The van der Waals surface area contributed by atoms with Crippen LogP contribution in [0.25, 0.3) is 0 Å². The third kappa shape index (κ3) is 1.61. The molecule has 1 heterocycles. The lowest BCUT2D eigenvalue weighted by molar-refractivity contribution is 0.366. The molecule has 3 heteroatoms. The van der Waals surface area contributed by atoms with Gasteiger partial charge in [-0.25, -0.2) is 4.98 Å². The van der Waals surface area contributed by atoms with Gasteiger partial charge in [-0.1, -0.05) is 6.07 Å². The van der Waals surface area contributed by atoms with E-state index < -0.39 is 0 Å². The average molecular weight is 206 g/mol. The molecule has 2 rings (SSSR count). The largest absolute Gasteiger partial charge is 0.481 e. The topological polar surface area (TPSA) is 48.1 Å². The van der Waals surface area contributed by atoms with Crippen molar-refractivity contribution in [1.82, 2.24) is 4.98 Å². The Hall–Kier alpha value is -1.09. The molecule has 0 saturated heterocycles. The van der Waals surface area contributed by atoms with Crippen LogP contribution in [0.1, 0.15) is 32.4 Å². The summed E-state index contributed by atoms with van der Waals surface area (Å²) >= 11 is 0. The van der Waals surface area contributed by atoms with Crippen LogP contribution in [0.15, 0.2) is 18.2 Å². The molecule has 15 heavy (non-hydrogen) atoms. The number of methoxy groups -OCH3 is 1. The zero-order valence-electron chi connectivity index (χ0n) is 9.58. The molecule has 1 fully saturated rings. The number of pyridine rings is 1. The maximum Gasteiger partial charge on any atom is 0.213 e. The summed E-state index contributed by atoms with van der Waals surface area (Å²) in [5, 5.41) is 0. The Balaban J connectivity index is 2.38. The molecular weight excluding hydrogens is 188 g/mol. The molecule has 0 unspecified atom stereocenters. The second-order valence-electron chi connectivity index (χ2n) is 4.87. The van der Waals surface area contributed by atoms with Gasteiger partial charge >= 0.3 is 0 Å². The zero-order valence-corrected chi connectivity index (χ0v) is 9.58. The van der Waals surface area contributed by atoms with Gasteiger partial charge in [-0.15, -0.1) is 0 Å². The van der Waals surface area contributed by atoms with Crippen LogP contribution in [0.4, 0.5) is 0 Å². The summed E-state index contributed by atoms with van der Waals surface area (Å²) in [7, 11) is 1.64. The fourth-order valence-corrected chi connectivity index (χ4v) is 2.15. The lowest BCUT2D eigenvalue weighted by Crippen LogP contribution is -2.45. The van der Waals surface area contributed by atoms with Crippen LogP contribution in [-0.2, 0) is 5.41 Å². The van der Waals surface area contributed by atoms with Gasteiger partial charge in [0.05, 0.1) is 12.8 Å². The Morgan fingerprint density at radius 2 is 2.07 bits per heavy atom. The van der Waals surface area contributed by atoms with E-state index in [1.807, 2.05) is 18.2 Å². The number of rotatable bonds is 3. The molecule has 0 aliphatic heterocycles. The highest BCUT2D eigenvalue weighted by Gasteiger charge is 2.54. The minimum Gasteiger partial charge on any atom is -0.481 e. The second-order valence-corrected chi connectivity index (χ2v) is 4.87. The first kappa shape index (κ1) is 10.4. The first-order chi connectivity index (χ1) is 6.99. The number of nitrogens with two attached hydrogens (primary N) is 1. The third-order valence-corrected chi connectivity index (χ3v) is 3.41. The smallest absolute Gasteiger partial charge is 0.213 e. The molecule has 1 aliphatic rings. The molecule has 0 bridgehead atoms. The van der Waals surface area contributed by atoms with Crippen LogP contribution in [0.5, 0.6) is 5.88 Å². The lowest BCUT2D eigenvalue weighted by atomic mass is 9.82. The normalized spacial score (nSPS) is 18.7. The fraction of sp³-hybridized carbons (Fsp3) is 0.583. The summed E-state index contributed by atoms with van der Waals surface area (Å²) in [5.41, 5.74) is 7.12. The Morgan fingerprint density at radius 1 is 1.40 bits per heavy atom. The van der Waals surface area contributed by atoms with Gasteiger partial charge in [0.2, 0.25) is 5.88 Å². The minimum atomic E-state index is -0.216. The van der Waals surface area contributed by atoms with E-state index >= 15 is 0 Å². The Labute approximate surface area is 90.7 Å². The van der Waals surface area contributed by atoms with Crippen molar-refractivity contribution in [3.05, 3.63) is 23.9 Å². The lowest BCUT2D eigenvalue weighted by Gasteiger charge is -2.30. The number of hydrogen-bond donors (Lipinski definition) is 1. The predicted molar refractivity (Wildman–Crippen MR) is 60.0 cm³/mol. The SMILES string of the molecule is COc1cccc(C2(C(C)(C)N)CC2)n1. The van der Waals surface area contributed by atoms with Crippen molar-refractivity contribution in [2.45, 2.75) is 37.6 Å². The molecular formula is C12H18N2O. The van der Waals surface area contributed by atoms with Gasteiger partial charge in [-0.2, -0.15) is 0 Å². The van der Waals surface area contributed by atoms with E-state index in [1.54, 1.807) is 7.11 Å². The molecule has 2 N–H and O–H groups in total. The molecule has 0 amide bonds. The van der Waals surface area contributed by atoms with Crippen molar-refractivity contribution in [3.63, 3.8) is 0 Å². The van der Waals surface area contributed by atoms with Gasteiger partial charge in [0.1, 0.15) is 0 Å². The molecule has 1 aliphatic carbocycles. The van der Waals surface area contributed by atoms with Crippen molar-refractivity contribution in [2.75, 3.05) is 7.11 Å². The van der Waals surface area contributed by atoms with E-state index in [4.69, 9.17) is 10.5 Å². The molecule has 0 aromatic carbocycles. The highest BCUT2D eigenvalue weighted by atomic mass is 16.5. The van der Waals surface area contributed by atoms with Crippen molar-refractivity contribution in [1.29, 1.82) is 0 Å². The minimum absolute atomic E-state index is 0.0571. The van der Waals surface area contributed by atoms with E-state index in [-0.39, 0.29) is 11.0 Å². The molecule has 1 aromatic heterocycles. The van der Waals surface area contributed by atoms with Gasteiger partial charge in [0.25, 0.3) is 0 Å². The third-order valence-electron chi connectivity index (χ3n) is 3.41. The monoisotopic (exact) mass is 206 g/mol. The summed E-state index contributed by atoms with van der Waals surface area (Å²) in [6, 6.07) is 5.89. The predicted octanol–water partition coefficient (Wildman–Crippen LogP) is 1.86. The summed E-state index contributed by atoms with van der Waals surface area (Å²) < 4.78 is 5.14. The van der Waals surface area contributed by atoms with Crippen LogP contribution in [-0.4, -0.2) is 17.6 Å². The zero-order chi connectivity index (χ0) is 11.1. The van der Waals surface area contributed by atoms with Crippen molar-refractivity contribution >= 4 is 0 Å². The van der Waals surface area contributed by atoms with Gasteiger partial charge in [-0.05, 0) is 32.8 Å². The van der Waals surface area contributed by atoms with Crippen molar-refractivity contribution in [2.24, 2.45) is 5.73 Å². The van der Waals surface area contributed by atoms with E-state index in [2.05, 4.69) is 18.8 Å². The highest BCUT2D eigenvalue weighted by molar-refractivity contribution is 5.33. The fourth-order valence-electron chi connectivity index (χ4n) is 2.15. The molecule has 0 radical (unpaired) electrons. The van der Waals surface area contributed by atoms with Gasteiger partial charge in [-0.3, -0.25) is 0 Å². The first-order valence-corrected chi connectivity index (χ1v) is 5.30. The number of hydrogen-bond acceptors (Lipinski definition) is 3. The molecule has 1 saturated carbocycles. The Morgan fingerprint density at radius 3 is 2.53 bits per heavy atom. The molecule has 0 atom stereocenters.